The number of carbonyl (C=O) groups excluding carboxylic acids is 1. The molecule has 0 aliphatic heterocycles. The third kappa shape index (κ3) is 2.59. The van der Waals surface area contributed by atoms with Gasteiger partial charge in [-0.25, -0.2) is 0 Å². The minimum atomic E-state index is 0.0543. The standard InChI is InChI=1S/C12H17NOS/c1-12(2,10-4-3-7-15-10)8-13-11(14)9-5-6-9/h3-4,7,9H,5-6,8H2,1-2H3,(H,13,14). The van der Waals surface area contributed by atoms with E-state index in [1.807, 2.05) is 0 Å². The van der Waals surface area contributed by atoms with Gasteiger partial charge in [-0.3, -0.25) is 4.79 Å². The van der Waals surface area contributed by atoms with Gasteiger partial charge in [-0.05, 0) is 24.3 Å². The molecule has 0 radical (unpaired) electrons. The van der Waals surface area contributed by atoms with Gasteiger partial charge in [0.1, 0.15) is 0 Å². The van der Waals surface area contributed by atoms with Crippen molar-refractivity contribution >= 4 is 17.2 Å². The zero-order valence-electron chi connectivity index (χ0n) is 9.25. The summed E-state index contributed by atoms with van der Waals surface area (Å²) in [7, 11) is 0. The molecular weight excluding hydrogens is 206 g/mol. The van der Waals surface area contributed by atoms with Gasteiger partial charge in [0.05, 0.1) is 0 Å². The van der Waals surface area contributed by atoms with Crippen LogP contribution >= 0.6 is 11.3 Å². The predicted octanol–water partition coefficient (Wildman–Crippen LogP) is 2.55. The van der Waals surface area contributed by atoms with Crippen molar-refractivity contribution in [2.24, 2.45) is 5.92 Å². The molecule has 1 aliphatic rings. The predicted molar refractivity (Wildman–Crippen MR) is 63.1 cm³/mol. The first-order valence-electron chi connectivity index (χ1n) is 5.41. The third-order valence-electron chi connectivity index (χ3n) is 2.84. The fourth-order valence-corrected chi connectivity index (χ4v) is 2.40. The largest absolute Gasteiger partial charge is 0.355 e. The molecule has 0 aromatic carbocycles. The van der Waals surface area contributed by atoms with Crippen LogP contribution in [-0.2, 0) is 10.2 Å². The van der Waals surface area contributed by atoms with Crippen molar-refractivity contribution in [3.8, 4) is 0 Å². The van der Waals surface area contributed by atoms with Crippen LogP contribution in [0.15, 0.2) is 17.5 Å². The Bertz CT molecular complexity index is 339. The van der Waals surface area contributed by atoms with Gasteiger partial charge < -0.3 is 5.32 Å². The van der Waals surface area contributed by atoms with E-state index in [2.05, 4.69) is 36.7 Å². The Labute approximate surface area is 94.7 Å². The topological polar surface area (TPSA) is 29.1 Å². The Morgan fingerprint density at radius 2 is 2.33 bits per heavy atom. The van der Waals surface area contributed by atoms with Gasteiger partial charge in [0, 0.05) is 22.8 Å². The molecule has 1 saturated carbocycles. The molecule has 15 heavy (non-hydrogen) atoms. The van der Waals surface area contributed by atoms with E-state index < -0.39 is 0 Å². The normalized spacial score (nSPS) is 16.4. The Hall–Kier alpha value is -0.830. The van der Waals surface area contributed by atoms with E-state index in [0.29, 0.717) is 5.92 Å². The second-order valence-electron chi connectivity index (χ2n) is 4.85. The molecule has 0 atom stereocenters. The minimum Gasteiger partial charge on any atom is -0.355 e. The number of amides is 1. The summed E-state index contributed by atoms with van der Waals surface area (Å²) in [5.74, 6) is 0.545. The van der Waals surface area contributed by atoms with E-state index in [9.17, 15) is 4.79 Å². The first kappa shape index (κ1) is 10.7. The third-order valence-corrected chi connectivity index (χ3v) is 4.08. The smallest absolute Gasteiger partial charge is 0.223 e. The summed E-state index contributed by atoms with van der Waals surface area (Å²) in [6, 6.07) is 4.19. The molecule has 1 aromatic heterocycles. The van der Waals surface area contributed by atoms with Gasteiger partial charge in [-0.1, -0.05) is 19.9 Å². The van der Waals surface area contributed by atoms with Crippen molar-refractivity contribution < 1.29 is 4.79 Å². The lowest BCUT2D eigenvalue weighted by Gasteiger charge is -2.23. The lowest BCUT2D eigenvalue weighted by atomic mass is 9.91. The second-order valence-corrected chi connectivity index (χ2v) is 5.80. The maximum Gasteiger partial charge on any atom is 0.223 e. The molecule has 2 rings (SSSR count). The molecule has 0 spiro atoms. The number of carbonyl (C=O) groups is 1. The Kier molecular flexibility index (Phi) is 2.83. The monoisotopic (exact) mass is 223 g/mol. The molecule has 3 heteroatoms. The van der Waals surface area contributed by atoms with Crippen molar-refractivity contribution in [2.45, 2.75) is 32.1 Å². The van der Waals surface area contributed by atoms with Crippen molar-refractivity contribution in [1.29, 1.82) is 0 Å². The van der Waals surface area contributed by atoms with Crippen molar-refractivity contribution in [2.75, 3.05) is 6.54 Å². The van der Waals surface area contributed by atoms with E-state index >= 15 is 0 Å². The first-order valence-corrected chi connectivity index (χ1v) is 6.29. The van der Waals surface area contributed by atoms with E-state index in [1.54, 1.807) is 11.3 Å². The average Bonchev–Trinajstić information content (AvgIpc) is 2.89. The molecule has 0 bridgehead atoms. The van der Waals surface area contributed by atoms with Crippen LogP contribution in [0.4, 0.5) is 0 Å². The number of hydrogen-bond donors (Lipinski definition) is 1. The van der Waals surface area contributed by atoms with Gasteiger partial charge in [0.25, 0.3) is 0 Å². The van der Waals surface area contributed by atoms with Crippen LogP contribution in [0.5, 0.6) is 0 Å². The van der Waals surface area contributed by atoms with Gasteiger partial charge >= 0.3 is 0 Å². The van der Waals surface area contributed by atoms with Crippen LogP contribution < -0.4 is 5.32 Å². The van der Waals surface area contributed by atoms with E-state index in [4.69, 9.17) is 0 Å². The molecule has 1 N–H and O–H groups in total. The summed E-state index contributed by atoms with van der Waals surface area (Å²) >= 11 is 1.75. The summed E-state index contributed by atoms with van der Waals surface area (Å²) in [4.78, 5) is 12.8. The fraction of sp³-hybridized carbons (Fsp3) is 0.583. The summed E-state index contributed by atoms with van der Waals surface area (Å²) in [5.41, 5.74) is 0.0543. The van der Waals surface area contributed by atoms with Gasteiger partial charge in [-0.15, -0.1) is 11.3 Å². The van der Waals surface area contributed by atoms with Gasteiger partial charge in [-0.2, -0.15) is 0 Å². The van der Waals surface area contributed by atoms with Crippen LogP contribution in [0.2, 0.25) is 0 Å². The van der Waals surface area contributed by atoms with Crippen molar-refractivity contribution in [3.63, 3.8) is 0 Å². The molecule has 1 aliphatic carbocycles. The quantitative estimate of drug-likeness (QED) is 0.835. The van der Waals surface area contributed by atoms with Crippen LogP contribution in [-0.4, -0.2) is 12.5 Å². The van der Waals surface area contributed by atoms with Crippen molar-refractivity contribution in [1.82, 2.24) is 5.32 Å². The van der Waals surface area contributed by atoms with Crippen molar-refractivity contribution in [3.05, 3.63) is 22.4 Å². The highest BCUT2D eigenvalue weighted by atomic mass is 32.1. The minimum absolute atomic E-state index is 0.0543. The Balaban J connectivity index is 1.89. The zero-order chi connectivity index (χ0) is 10.9. The molecule has 1 fully saturated rings. The molecule has 2 nitrogen and oxygen atoms in total. The van der Waals surface area contributed by atoms with Crippen LogP contribution in [0, 0.1) is 5.92 Å². The SMILES string of the molecule is CC(C)(CNC(=O)C1CC1)c1cccs1. The zero-order valence-corrected chi connectivity index (χ0v) is 10.1. The van der Waals surface area contributed by atoms with Crippen LogP contribution in [0.3, 0.4) is 0 Å². The molecule has 0 unspecified atom stereocenters. The Morgan fingerprint density at radius 3 is 2.87 bits per heavy atom. The highest BCUT2D eigenvalue weighted by molar-refractivity contribution is 7.10. The fourth-order valence-electron chi connectivity index (χ4n) is 1.55. The van der Waals surface area contributed by atoms with E-state index in [1.165, 1.54) is 4.88 Å². The Morgan fingerprint density at radius 1 is 1.60 bits per heavy atom. The summed E-state index contributed by atoms with van der Waals surface area (Å²) < 4.78 is 0. The highest BCUT2D eigenvalue weighted by Crippen LogP contribution is 2.30. The summed E-state index contributed by atoms with van der Waals surface area (Å²) in [5, 5.41) is 5.12. The first-order chi connectivity index (χ1) is 7.09. The number of nitrogens with one attached hydrogen (secondary N) is 1. The maximum atomic E-state index is 11.5. The lowest BCUT2D eigenvalue weighted by molar-refractivity contribution is -0.122. The molecular formula is C12H17NOS. The average molecular weight is 223 g/mol. The highest BCUT2D eigenvalue weighted by Gasteiger charge is 2.31. The molecule has 1 heterocycles. The molecule has 1 amide bonds. The maximum absolute atomic E-state index is 11.5. The molecule has 0 saturated heterocycles. The summed E-state index contributed by atoms with van der Waals surface area (Å²) in [6.07, 6.45) is 2.15. The number of rotatable bonds is 4. The van der Waals surface area contributed by atoms with E-state index in [0.717, 1.165) is 19.4 Å². The van der Waals surface area contributed by atoms with Gasteiger partial charge in [0.2, 0.25) is 5.91 Å². The lowest BCUT2D eigenvalue weighted by Crippen LogP contribution is -2.36. The summed E-state index contributed by atoms with van der Waals surface area (Å²) in [6.45, 7) is 5.08. The second kappa shape index (κ2) is 3.97. The molecule has 1 aromatic rings. The van der Waals surface area contributed by atoms with Gasteiger partial charge in [0.15, 0.2) is 0 Å². The number of thiophene rings is 1. The van der Waals surface area contributed by atoms with E-state index in [-0.39, 0.29) is 11.3 Å². The van der Waals surface area contributed by atoms with Crippen LogP contribution in [0.25, 0.3) is 0 Å². The molecule has 82 valence electrons. The van der Waals surface area contributed by atoms with Crippen LogP contribution in [0.1, 0.15) is 31.6 Å². The number of hydrogen-bond acceptors (Lipinski definition) is 2.